The van der Waals surface area contributed by atoms with Gasteiger partial charge in [-0.15, -0.1) is 10.2 Å². The highest BCUT2D eigenvalue weighted by Crippen LogP contribution is 2.32. The lowest BCUT2D eigenvalue weighted by Gasteiger charge is -2.22. The van der Waals surface area contributed by atoms with Crippen molar-refractivity contribution < 1.29 is 4.74 Å². The van der Waals surface area contributed by atoms with E-state index in [0.717, 1.165) is 22.9 Å². The number of hydrogen-bond acceptors (Lipinski definition) is 5. The average molecular weight is 229 g/mol. The Morgan fingerprint density at radius 3 is 2.60 bits per heavy atom. The Hall–Kier alpha value is -0.520. The summed E-state index contributed by atoms with van der Waals surface area (Å²) in [5.41, 5.74) is 5.57. The molecule has 0 spiro atoms. The Balaban J connectivity index is 2.92. The molecule has 1 aromatic rings. The Kier molecular flexibility index (Phi) is 4.19. The van der Waals surface area contributed by atoms with E-state index in [1.807, 2.05) is 13.8 Å². The fraction of sp³-hybridized carbons (Fsp3) is 0.800. The third-order valence-corrected chi connectivity index (χ3v) is 4.08. The van der Waals surface area contributed by atoms with Crippen molar-refractivity contribution in [3.63, 3.8) is 0 Å². The van der Waals surface area contributed by atoms with Crippen molar-refractivity contribution in [1.82, 2.24) is 10.2 Å². The van der Waals surface area contributed by atoms with Crippen LogP contribution in [-0.2, 0) is 10.3 Å². The van der Waals surface area contributed by atoms with E-state index in [4.69, 9.17) is 10.5 Å². The number of ether oxygens (including phenoxy) is 1. The van der Waals surface area contributed by atoms with Gasteiger partial charge in [0.15, 0.2) is 0 Å². The fourth-order valence-electron chi connectivity index (χ4n) is 1.16. The van der Waals surface area contributed by atoms with Crippen molar-refractivity contribution >= 4 is 11.3 Å². The van der Waals surface area contributed by atoms with E-state index < -0.39 is 0 Å². The van der Waals surface area contributed by atoms with E-state index in [2.05, 4.69) is 17.1 Å². The molecule has 1 heterocycles. The van der Waals surface area contributed by atoms with Crippen LogP contribution in [0.25, 0.3) is 0 Å². The summed E-state index contributed by atoms with van der Waals surface area (Å²) in [7, 11) is 1.70. The molecule has 2 atom stereocenters. The molecule has 86 valence electrons. The maximum Gasteiger partial charge on any atom is 0.149 e. The first kappa shape index (κ1) is 12.5. The Morgan fingerprint density at radius 1 is 1.47 bits per heavy atom. The van der Waals surface area contributed by atoms with E-state index in [9.17, 15) is 0 Å². The minimum Gasteiger partial charge on any atom is -0.371 e. The molecule has 0 radical (unpaired) electrons. The van der Waals surface area contributed by atoms with Gasteiger partial charge in [0.05, 0.1) is 6.04 Å². The standard InChI is InChI=1S/C10H19N3OS/c1-5-7(11)8-12-13-9(15-8)10(3,6-2)14-4/h7H,5-6,11H2,1-4H3. The van der Waals surface area contributed by atoms with Crippen LogP contribution < -0.4 is 5.73 Å². The maximum absolute atomic E-state index is 5.90. The fourth-order valence-corrected chi connectivity index (χ4v) is 2.28. The van der Waals surface area contributed by atoms with Gasteiger partial charge in [-0.3, -0.25) is 0 Å². The average Bonchev–Trinajstić information content (AvgIpc) is 2.76. The highest BCUT2D eigenvalue weighted by atomic mass is 32.1. The molecular weight excluding hydrogens is 210 g/mol. The third-order valence-electron chi connectivity index (χ3n) is 2.78. The number of rotatable bonds is 5. The molecule has 0 amide bonds. The lowest BCUT2D eigenvalue weighted by molar-refractivity contribution is -0.00207. The summed E-state index contributed by atoms with van der Waals surface area (Å²) in [5.74, 6) is 0. The van der Waals surface area contributed by atoms with Crippen LogP contribution in [0.15, 0.2) is 0 Å². The largest absolute Gasteiger partial charge is 0.371 e. The second kappa shape index (κ2) is 5.01. The first-order chi connectivity index (χ1) is 7.07. The number of aromatic nitrogens is 2. The van der Waals surface area contributed by atoms with Crippen LogP contribution in [0.5, 0.6) is 0 Å². The van der Waals surface area contributed by atoms with Gasteiger partial charge >= 0.3 is 0 Å². The van der Waals surface area contributed by atoms with Crippen molar-refractivity contribution in [1.29, 1.82) is 0 Å². The van der Waals surface area contributed by atoms with Crippen molar-refractivity contribution in [3.05, 3.63) is 10.0 Å². The van der Waals surface area contributed by atoms with Gasteiger partial charge in [0, 0.05) is 7.11 Å². The summed E-state index contributed by atoms with van der Waals surface area (Å²) >= 11 is 1.55. The Bertz CT molecular complexity index is 309. The van der Waals surface area contributed by atoms with Gasteiger partial charge < -0.3 is 10.5 Å². The topological polar surface area (TPSA) is 61.0 Å². The highest BCUT2D eigenvalue weighted by molar-refractivity contribution is 7.11. The quantitative estimate of drug-likeness (QED) is 0.841. The van der Waals surface area contributed by atoms with Crippen LogP contribution in [0.2, 0.25) is 0 Å². The molecule has 0 aromatic carbocycles. The third kappa shape index (κ3) is 2.53. The van der Waals surface area contributed by atoms with Gasteiger partial charge in [-0.2, -0.15) is 0 Å². The lowest BCUT2D eigenvalue weighted by Crippen LogP contribution is -2.22. The molecule has 0 bridgehead atoms. The molecule has 0 saturated heterocycles. The maximum atomic E-state index is 5.90. The number of nitrogens with zero attached hydrogens (tertiary/aromatic N) is 2. The molecule has 0 aliphatic carbocycles. The Morgan fingerprint density at radius 2 is 2.13 bits per heavy atom. The van der Waals surface area contributed by atoms with Crippen molar-refractivity contribution in [2.75, 3.05) is 7.11 Å². The first-order valence-corrected chi connectivity index (χ1v) is 6.03. The molecule has 2 N–H and O–H groups in total. The summed E-state index contributed by atoms with van der Waals surface area (Å²) in [6.07, 6.45) is 1.75. The smallest absolute Gasteiger partial charge is 0.149 e. The summed E-state index contributed by atoms with van der Waals surface area (Å²) in [5, 5.41) is 10.1. The van der Waals surface area contributed by atoms with Crippen molar-refractivity contribution in [2.45, 2.75) is 45.3 Å². The molecule has 15 heavy (non-hydrogen) atoms. The predicted octanol–water partition coefficient (Wildman–Crippen LogP) is 2.22. The SMILES string of the molecule is CCC(N)c1nnc(C(C)(CC)OC)s1. The van der Waals surface area contributed by atoms with E-state index >= 15 is 0 Å². The van der Waals surface area contributed by atoms with Gasteiger partial charge in [-0.1, -0.05) is 25.2 Å². The minimum absolute atomic E-state index is 0.00536. The summed E-state index contributed by atoms with van der Waals surface area (Å²) < 4.78 is 5.47. The van der Waals surface area contributed by atoms with Gasteiger partial charge in [-0.25, -0.2) is 0 Å². The molecule has 5 heteroatoms. The first-order valence-electron chi connectivity index (χ1n) is 5.22. The van der Waals surface area contributed by atoms with Crippen LogP contribution in [0, 0.1) is 0 Å². The highest BCUT2D eigenvalue weighted by Gasteiger charge is 2.29. The molecule has 0 fully saturated rings. The van der Waals surface area contributed by atoms with E-state index in [-0.39, 0.29) is 11.6 Å². The van der Waals surface area contributed by atoms with Crippen LogP contribution >= 0.6 is 11.3 Å². The van der Waals surface area contributed by atoms with Crippen molar-refractivity contribution in [2.24, 2.45) is 5.73 Å². The minimum atomic E-state index is -0.330. The Labute approximate surface area is 94.9 Å². The van der Waals surface area contributed by atoms with Gasteiger partial charge in [0.25, 0.3) is 0 Å². The summed E-state index contributed by atoms with van der Waals surface area (Å²) in [6.45, 7) is 6.14. The zero-order valence-electron chi connectivity index (χ0n) is 9.78. The van der Waals surface area contributed by atoms with Crippen LogP contribution in [-0.4, -0.2) is 17.3 Å². The monoisotopic (exact) mass is 229 g/mol. The van der Waals surface area contributed by atoms with Crippen LogP contribution in [0.4, 0.5) is 0 Å². The summed E-state index contributed by atoms with van der Waals surface area (Å²) in [6, 6.07) is -0.00536. The van der Waals surface area contributed by atoms with Gasteiger partial charge in [-0.05, 0) is 19.8 Å². The molecule has 2 unspecified atom stereocenters. The molecule has 1 aromatic heterocycles. The molecule has 4 nitrogen and oxygen atoms in total. The predicted molar refractivity (Wildman–Crippen MR) is 61.8 cm³/mol. The molecule has 0 saturated carbocycles. The molecule has 0 aliphatic heterocycles. The molecule has 1 rings (SSSR count). The zero-order chi connectivity index (χ0) is 11.5. The number of hydrogen-bond donors (Lipinski definition) is 1. The van der Waals surface area contributed by atoms with E-state index in [0.29, 0.717) is 0 Å². The normalized spacial score (nSPS) is 17.4. The molecule has 0 aliphatic rings. The second-order valence-corrected chi connectivity index (χ2v) is 4.76. The zero-order valence-corrected chi connectivity index (χ0v) is 10.6. The van der Waals surface area contributed by atoms with E-state index in [1.165, 1.54) is 0 Å². The van der Waals surface area contributed by atoms with Gasteiger partial charge in [0.1, 0.15) is 15.6 Å². The lowest BCUT2D eigenvalue weighted by atomic mass is 10.1. The molecular formula is C10H19N3OS. The van der Waals surface area contributed by atoms with E-state index in [1.54, 1.807) is 18.4 Å². The number of nitrogens with two attached hydrogens (primary N) is 1. The van der Waals surface area contributed by atoms with Crippen LogP contribution in [0.3, 0.4) is 0 Å². The van der Waals surface area contributed by atoms with Crippen molar-refractivity contribution in [3.8, 4) is 0 Å². The second-order valence-electron chi connectivity index (χ2n) is 3.75. The number of methoxy groups -OCH3 is 1. The van der Waals surface area contributed by atoms with Gasteiger partial charge in [0.2, 0.25) is 0 Å². The van der Waals surface area contributed by atoms with Crippen LogP contribution in [0.1, 0.15) is 49.7 Å². The summed E-state index contributed by atoms with van der Waals surface area (Å²) in [4.78, 5) is 0.